The van der Waals surface area contributed by atoms with Crippen LogP contribution >= 0.6 is 0 Å². The summed E-state index contributed by atoms with van der Waals surface area (Å²) in [5, 5.41) is 10.4. The number of aliphatic hydroxyl groups is 1. The van der Waals surface area contributed by atoms with Crippen molar-refractivity contribution in [3.8, 4) is 0 Å². The lowest BCUT2D eigenvalue weighted by molar-refractivity contribution is -0.141. The largest absolute Gasteiger partial charge is 0.388 e. The Bertz CT molecular complexity index is 308. The summed E-state index contributed by atoms with van der Waals surface area (Å²) < 4.78 is 5.26. The Labute approximate surface area is 115 Å². The number of carbonyl (C=O) groups excluding carboxylic acids is 1. The highest BCUT2D eigenvalue weighted by Crippen LogP contribution is 2.27. The van der Waals surface area contributed by atoms with E-state index in [9.17, 15) is 9.90 Å². The minimum absolute atomic E-state index is 0.0910. The molecule has 1 aliphatic heterocycles. The number of ether oxygens (including phenoxy) is 1. The summed E-state index contributed by atoms with van der Waals surface area (Å²) in [6, 6.07) is 0.258. The second-order valence-electron chi connectivity index (χ2n) is 6.14. The molecule has 0 aromatic carbocycles. The predicted octanol–water partition coefficient (Wildman–Crippen LogP) is 0.504. The van der Waals surface area contributed by atoms with Gasteiger partial charge in [0.05, 0.1) is 5.60 Å². The highest BCUT2D eigenvalue weighted by Gasteiger charge is 2.34. The van der Waals surface area contributed by atoms with Crippen LogP contribution in [0.3, 0.4) is 0 Å². The third kappa shape index (κ3) is 3.91. The first kappa shape index (κ1) is 14.8. The zero-order chi connectivity index (χ0) is 13.9. The van der Waals surface area contributed by atoms with Gasteiger partial charge in [0.2, 0.25) is 5.91 Å². The maximum Gasteiger partial charge on any atom is 0.225 e. The summed E-state index contributed by atoms with van der Waals surface area (Å²) in [4.78, 5) is 14.1. The normalized spacial score (nSPS) is 30.9. The molecule has 5 nitrogen and oxygen atoms in total. The fourth-order valence-electron chi connectivity index (χ4n) is 3.11. The lowest BCUT2D eigenvalue weighted by atomic mass is 9.85. The second-order valence-corrected chi connectivity index (χ2v) is 6.14. The Kier molecular flexibility index (Phi) is 4.81. The first-order valence-corrected chi connectivity index (χ1v) is 7.31. The third-order valence-electron chi connectivity index (χ3n) is 4.45. The zero-order valence-corrected chi connectivity index (χ0v) is 11.8. The molecule has 3 N–H and O–H groups in total. The van der Waals surface area contributed by atoms with E-state index in [4.69, 9.17) is 10.5 Å². The summed E-state index contributed by atoms with van der Waals surface area (Å²) in [6.45, 7) is 1.57. The first-order valence-electron chi connectivity index (χ1n) is 7.31. The Morgan fingerprint density at radius 1 is 1.32 bits per heavy atom. The Balaban J connectivity index is 1.84. The highest BCUT2D eigenvalue weighted by molar-refractivity contribution is 5.78. The van der Waals surface area contributed by atoms with Crippen molar-refractivity contribution in [2.24, 2.45) is 11.7 Å². The molecule has 1 saturated carbocycles. The lowest BCUT2D eigenvalue weighted by Gasteiger charge is -2.37. The van der Waals surface area contributed by atoms with E-state index in [1.807, 2.05) is 0 Å². The van der Waals surface area contributed by atoms with Gasteiger partial charge >= 0.3 is 0 Å². The van der Waals surface area contributed by atoms with Gasteiger partial charge in [0.15, 0.2) is 0 Å². The van der Waals surface area contributed by atoms with Crippen LogP contribution in [0.25, 0.3) is 0 Å². The molecule has 2 rings (SSSR count). The molecule has 2 aliphatic rings. The fourth-order valence-corrected chi connectivity index (χ4v) is 3.11. The number of amides is 1. The number of carbonyl (C=O) groups is 1. The molecule has 1 amide bonds. The molecule has 0 radical (unpaired) electrons. The van der Waals surface area contributed by atoms with E-state index in [0.717, 1.165) is 25.7 Å². The zero-order valence-electron chi connectivity index (χ0n) is 11.8. The van der Waals surface area contributed by atoms with Crippen LogP contribution in [-0.4, -0.2) is 54.4 Å². The van der Waals surface area contributed by atoms with Gasteiger partial charge in [-0.25, -0.2) is 0 Å². The summed E-state index contributed by atoms with van der Waals surface area (Å²) in [6.07, 6.45) is 4.85. The van der Waals surface area contributed by atoms with Crippen molar-refractivity contribution >= 4 is 5.91 Å². The van der Waals surface area contributed by atoms with Crippen LogP contribution in [-0.2, 0) is 9.53 Å². The minimum Gasteiger partial charge on any atom is -0.388 e. The number of hydrogen-bond donors (Lipinski definition) is 2. The van der Waals surface area contributed by atoms with Crippen molar-refractivity contribution in [3.63, 3.8) is 0 Å². The van der Waals surface area contributed by atoms with E-state index < -0.39 is 5.60 Å². The van der Waals surface area contributed by atoms with Gasteiger partial charge in [0, 0.05) is 51.6 Å². The molecule has 0 unspecified atom stereocenters. The van der Waals surface area contributed by atoms with Crippen LogP contribution in [0.5, 0.6) is 0 Å². The summed E-state index contributed by atoms with van der Waals surface area (Å²) in [5.41, 5.74) is 5.09. The van der Waals surface area contributed by atoms with Crippen LogP contribution in [0.2, 0.25) is 0 Å². The van der Waals surface area contributed by atoms with Gasteiger partial charge in [-0.15, -0.1) is 0 Å². The number of nitrogens with two attached hydrogens (primary N) is 1. The van der Waals surface area contributed by atoms with Crippen molar-refractivity contribution < 1.29 is 14.6 Å². The summed E-state index contributed by atoms with van der Waals surface area (Å²) in [7, 11) is 1.80. The molecule has 19 heavy (non-hydrogen) atoms. The minimum atomic E-state index is -0.770. The van der Waals surface area contributed by atoms with Crippen LogP contribution in [0.4, 0.5) is 0 Å². The first-order chi connectivity index (χ1) is 9.00. The van der Waals surface area contributed by atoms with Crippen molar-refractivity contribution in [3.05, 3.63) is 0 Å². The molecule has 2 fully saturated rings. The molecule has 110 valence electrons. The standard InChI is InChI=1S/C14H26N2O3/c1-16(10-14(18)6-8-19-9-7-14)13(17)11-2-4-12(15)5-3-11/h11-12,18H,2-10,15H2,1H3. The van der Waals surface area contributed by atoms with Crippen molar-refractivity contribution in [1.29, 1.82) is 0 Å². The fraction of sp³-hybridized carbons (Fsp3) is 0.929. The van der Waals surface area contributed by atoms with Crippen LogP contribution < -0.4 is 5.73 Å². The Hall–Kier alpha value is -0.650. The SMILES string of the molecule is CN(CC1(O)CCOCC1)C(=O)C1CCC(N)CC1. The molecule has 5 heteroatoms. The molecule has 0 aromatic rings. The molecular formula is C14H26N2O3. The van der Waals surface area contributed by atoms with Crippen molar-refractivity contribution in [1.82, 2.24) is 4.90 Å². The van der Waals surface area contributed by atoms with Crippen LogP contribution in [0.15, 0.2) is 0 Å². The molecule has 1 heterocycles. The molecular weight excluding hydrogens is 244 g/mol. The Morgan fingerprint density at radius 3 is 2.47 bits per heavy atom. The molecule has 0 bridgehead atoms. The molecule has 1 saturated heterocycles. The summed E-state index contributed by atoms with van der Waals surface area (Å²) in [5.74, 6) is 0.250. The maximum atomic E-state index is 12.4. The van der Waals surface area contributed by atoms with E-state index in [1.165, 1.54) is 0 Å². The average Bonchev–Trinajstić information content (AvgIpc) is 2.39. The van der Waals surface area contributed by atoms with Gasteiger partial charge in [0.1, 0.15) is 0 Å². The van der Waals surface area contributed by atoms with Gasteiger partial charge in [-0.2, -0.15) is 0 Å². The van der Waals surface area contributed by atoms with Gasteiger partial charge < -0.3 is 20.5 Å². The maximum absolute atomic E-state index is 12.4. The third-order valence-corrected chi connectivity index (χ3v) is 4.45. The number of nitrogens with zero attached hydrogens (tertiary/aromatic N) is 1. The average molecular weight is 270 g/mol. The second kappa shape index (κ2) is 6.20. The van der Waals surface area contributed by atoms with Crippen molar-refractivity contribution in [2.45, 2.75) is 50.2 Å². The highest BCUT2D eigenvalue weighted by atomic mass is 16.5. The molecule has 0 spiro atoms. The van der Waals surface area contributed by atoms with Gasteiger partial charge in [-0.3, -0.25) is 4.79 Å². The van der Waals surface area contributed by atoms with E-state index >= 15 is 0 Å². The van der Waals surface area contributed by atoms with E-state index in [-0.39, 0.29) is 17.9 Å². The number of hydrogen-bond acceptors (Lipinski definition) is 4. The monoisotopic (exact) mass is 270 g/mol. The van der Waals surface area contributed by atoms with Crippen molar-refractivity contribution in [2.75, 3.05) is 26.8 Å². The van der Waals surface area contributed by atoms with Gasteiger partial charge in [-0.1, -0.05) is 0 Å². The van der Waals surface area contributed by atoms with E-state index in [1.54, 1.807) is 11.9 Å². The number of rotatable bonds is 3. The Morgan fingerprint density at radius 2 is 1.89 bits per heavy atom. The number of likely N-dealkylation sites (N-methyl/N-ethyl adjacent to an activating group) is 1. The van der Waals surface area contributed by atoms with Gasteiger partial charge in [0.25, 0.3) is 0 Å². The summed E-state index contributed by atoms with van der Waals surface area (Å²) >= 11 is 0. The topological polar surface area (TPSA) is 75.8 Å². The van der Waals surface area contributed by atoms with Crippen LogP contribution in [0, 0.1) is 5.92 Å². The van der Waals surface area contributed by atoms with E-state index in [2.05, 4.69) is 0 Å². The predicted molar refractivity (Wildman–Crippen MR) is 72.6 cm³/mol. The molecule has 1 aliphatic carbocycles. The van der Waals surface area contributed by atoms with Crippen LogP contribution in [0.1, 0.15) is 38.5 Å². The molecule has 0 atom stereocenters. The quantitative estimate of drug-likeness (QED) is 0.783. The lowest BCUT2D eigenvalue weighted by Crippen LogP contribution is -2.49. The van der Waals surface area contributed by atoms with Gasteiger partial charge in [-0.05, 0) is 25.7 Å². The smallest absolute Gasteiger partial charge is 0.225 e. The van der Waals surface area contributed by atoms with E-state index in [0.29, 0.717) is 32.6 Å². The molecule has 0 aromatic heterocycles.